The number of aryl methyl sites for hydroxylation is 3. The van der Waals surface area contributed by atoms with Crippen LogP contribution in [0.2, 0.25) is 0 Å². The summed E-state index contributed by atoms with van der Waals surface area (Å²) >= 11 is 0. The summed E-state index contributed by atoms with van der Waals surface area (Å²) < 4.78 is 9.98. The van der Waals surface area contributed by atoms with Gasteiger partial charge in [-0.25, -0.2) is 14.6 Å². The van der Waals surface area contributed by atoms with E-state index in [0.29, 0.717) is 35.6 Å². The Hall–Kier alpha value is -4.13. The molecule has 1 atom stereocenters. The quantitative estimate of drug-likeness (QED) is 0.337. The third-order valence-electron chi connectivity index (χ3n) is 6.14. The molecule has 1 unspecified atom stereocenters. The fourth-order valence-corrected chi connectivity index (χ4v) is 4.38. The zero-order chi connectivity index (χ0) is 23.2. The van der Waals surface area contributed by atoms with Crippen molar-refractivity contribution in [1.29, 1.82) is 0 Å². The summed E-state index contributed by atoms with van der Waals surface area (Å²) in [5, 5.41) is 5.62. The maximum absolute atomic E-state index is 6.20. The van der Waals surface area contributed by atoms with Crippen molar-refractivity contribution in [2.24, 2.45) is 7.05 Å². The molecule has 1 fully saturated rings. The van der Waals surface area contributed by atoms with Gasteiger partial charge in [0.05, 0.1) is 18.4 Å². The van der Waals surface area contributed by atoms with Crippen molar-refractivity contribution in [3.05, 3.63) is 89.9 Å². The fraction of sp³-hybridized carbons (Fsp3) is 0.222. The Bertz CT molecular complexity index is 1470. The maximum atomic E-state index is 6.20. The van der Waals surface area contributed by atoms with Crippen molar-refractivity contribution in [2.45, 2.75) is 32.8 Å². The lowest BCUT2D eigenvalue weighted by Gasteiger charge is -2.11. The summed E-state index contributed by atoms with van der Waals surface area (Å²) in [5.41, 5.74) is 7.15. The molecule has 3 aromatic heterocycles. The molecule has 0 bridgehead atoms. The van der Waals surface area contributed by atoms with Crippen LogP contribution in [0, 0.1) is 20.3 Å². The normalized spacial score (nSPS) is 14.9. The van der Waals surface area contributed by atoms with Gasteiger partial charge in [0.1, 0.15) is 24.1 Å². The highest BCUT2D eigenvalue weighted by Gasteiger charge is 2.37. The Balaban J connectivity index is 1.45. The van der Waals surface area contributed by atoms with Crippen molar-refractivity contribution in [2.75, 3.05) is 0 Å². The van der Waals surface area contributed by atoms with E-state index >= 15 is 0 Å². The van der Waals surface area contributed by atoms with Gasteiger partial charge in [0.15, 0.2) is 17.4 Å². The molecule has 0 radical (unpaired) electrons. The predicted molar refractivity (Wildman–Crippen MR) is 131 cm³/mol. The van der Waals surface area contributed by atoms with E-state index in [2.05, 4.69) is 37.4 Å². The summed E-state index contributed by atoms with van der Waals surface area (Å²) in [6.45, 7) is 4.68. The average molecular weight is 450 g/mol. The molecule has 6 rings (SSSR count). The second-order valence-electron chi connectivity index (χ2n) is 8.94. The van der Waals surface area contributed by atoms with Crippen LogP contribution in [0.4, 0.5) is 0 Å². The van der Waals surface area contributed by atoms with Crippen LogP contribution < -0.4 is 4.74 Å². The SMILES string of the molecule is Cc1cc(C2[CH+]C2)cc(C)c1-n1cc2c(OCc3ccccc3)nc(-c3cn(C)cn3)nc2n1. The maximum Gasteiger partial charge on any atom is 0.228 e. The molecule has 34 heavy (non-hydrogen) atoms. The summed E-state index contributed by atoms with van der Waals surface area (Å²) in [4.78, 5) is 13.9. The molecule has 0 amide bonds. The molecule has 1 aliphatic carbocycles. The molecule has 2 aromatic carbocycles. The minimum absolute atomic E-state index is 0.407. The predicted octanol–water partition coefficient (Wildman–Crippen LogP) is 5.10. The molecule has 0 N–H and O–H groups in total. The van der Waals surface area contributed by atoms with Gasteiger partial charge in [-0.3, -0.25) is 0 Å². The first-order valence-corrected chi connectivity index (χ1v) is 11.4. The third kappa shape index (κ3) is 3.79. The van der Waals surface area contributed by atoms with Crippen molar-refractivity contribution >= 4 is 11.0 Å². The monoisotopic (exact) mass is 449 g/mol. The van der Waals surface area contributed by atoms with Crippen LogP contribution in [0.3, 0.4) is 0 Å². The standard InChI is InChI=1S/C27H25N6O/c1-17-11-21(20-9-10-20)12-18(2)24(17)33-13-22-25(31-33)29-26(23-14-32(3)16-28-23)30-27(22)34-15-19-7-5-4-6-8-19/h4-9,11-14,16,20H,10,15H2,1-3H3/q+1. The Kier molecular flexibility index (Phi) is 4.83. The highest BCUT2D eigenvalue weighted by atomic mass is 16.5. The van der Waals surface area contributed by atoms with Gasteiger partial charge >= 0.3 is 0 Å². The number of benzene rings is 2. The van der Waals surface area contributed by atoms with Crippen LogP contribution >= 0.6 is 0 Å². The number of fused-ring (bicyclic) bond motifs is 1. The van der Waals surface area contributed by atoms with Gasteiger partial charge in [0, 0.05) is 25.0 Å². The Morgan fingerprint density at radius 3 is 2.50 bits per heavy atom. The molecule has 7 heteroatoms. The van der Waals surface area contributed by atoms with E-state index in [1.807, 2.05) is 59.0 Å². The molecular formula is C27H25N6O+. The number of ether oxygens (including phenoxy) is 1. The molecule has 1 saturated carbocycles. The van der Waals surface area contributed by atoms with Crippen molar-refractivity contribution in [3.63, 3.8) is 0 Å². The van der Waals surface area contributed by atoms with E-state index in [4.69, 9.17) is 19.8 Å². The third-order valence-corrected chi connectivity index (χ3v) is 6.14. The molecule has 3 heterocycles. The van der Waals surface area contributed by atoms with E-state index in [1.165, 1.54) is 16.7 Å². The first kappa shape index (κ1) is 20.5. The fourth-order valence-electron chi connectivity index (χ4n) is 4.38. The Labute approximate surface area is 198 Å². The highest BCUT2D eigenvalue weighted by Crippen LogP contribution is 2.40. The zero-order valence-electron chi connectivity index (χ0n) is 19.4. The largest absolute Gasteiger partial charge is 0.472 e. The van der Waals surface area contributed by atoms with Crippen LogP contribution in [0.5, 0.6) is 5.88 Å². The van der Waals surface area contributed by atoms with Gasteiger partial charge in [0.25, 0.3) is 0 Å². The number of aromatic nitrogens is 6. The minimum atomic E-state index is 0.407. The van der Waals surface area contributed by atoms with E-state index in [0.717, 1.165) is 23.1 Å². The molecular weight excluding hydrogens is 424 g/mol. The summed E-state index contributed by atoms with van der Waals surface area (Å²) in [7, 11) is 1.92. The number of hydrogen-bond donors (Lipinski definition) is 0. The molecule has 0 spiro atoms. The van der Waals surface area contributed by atoms with E-state index < -0.39 is 0 Å². The van der Waals surface area contributed by atoms with Crippen LogP contribution in [0.15, 0.2) is 61.2 Å². The highest BCUT2D eigenvalue weighted by molar-refractivity contribution is 5.82. The summed E-state index contributed by atoms with van der Waals surface area (Å²) in [6, 6.07) is 14.6. The van der Waals surface area contributed by atoms with Crippen LogP contribution in [0.25, 0.3) is 28.2 Å². The number of hydrogen-bond acceptors (Lipinski definition) is 5. The Morgan fingerprint density at radius 2 is 1.82 bits per heavy atom. The van der Waals surface area contributed by atoms with Crippen molar-refractivity contribution in [3.8, 4) is 23.1 Å². The molecule has 1 aliphatic rings. The molecule has 5 aromatic rings. The smallest absolute Gasteiger partial charge is 0.228 e. The number of nitrogens with zero attached hydrogens (tertiary/aromatic N) is 6. The number of imidazole rings is 1. The second kappa shape index (κ2) is 8.02. The lowest BCUT2D eigenvalue weighted by molar-refractivity contribution is 0.298. The molecule has 0 aliphatic heterocycles. The van der Waals surface area contributed by atoms with Gasteiger partial charge < -0.3 is 9.30 Å². The average Bonchev–Trinajstić information content (AvgIpc) is 3.46. The lowest BCUT2D eigenvalue weighted by atomic mass is 10.0. The molecule has 0 saturated heterocycles. The summed E-state index contributed by atoms with van der Waals surface area (Å²) in [6.07, 6.45) is 9.09. The zero-order valence-corrected chi connectivity index (χ0v) is 19.4. The van der Waals surface area contributed by atoms with Gasteiger partial charge in [-0.1, -0.05) is 30.3 Å². The van der Waals surface area contributed by atoms with Crippen molar-refractivity contribution in [1.82, 2.24) is 29.3 Å². The first-order chi connectivity index (χ1) is 16.5. The lowest BCUT2D eigenvalue weighted by Crippen LogP contribution is -2.02. The van der Waals surface area contributed by atoms with E-state index in [1.54, 1.807) is 6.33 Å². The van der Waals surface area contributed by atoms with Gasteiger partial charge in [-0.05, 0) is 42.7 Å². The van der Waals surface area contributed by atoms with Crippen LogP contribution in [0.1, 0.15) is 34.6 Å². The van der Waals surface area contributed by atoms with Crippen LogP contribution in [-0.4, -0.2) is 29.3 Å². The van der Waals surface area contributed by atoms with Crippen molar-refractivity contribution < 1.29 is 4.74 Å². The van der Waals surface area contributed by atoms with Gasteiger partial charge in [0.2, 0.25) is 5.88 Å². The number of rotatable bonds is 6. The topological polar surface area (TPSA) is 70.7 Å². The van der Waals surface area contributed by atoms with E-state index in [-0.39, 0.29) is 0 Å². The van der Waals surface area contributed by atoms with Crippen LogP contribution in [-0.2, 0) is 13.7 Å². The second-order valence-corrected chi connectivity index (χ2v) is 8.94. The molecule has 7 nitrogen and oxygen atoms in total. The minimum Gasteiger partial charge on any atom is -0.472 e. The van der Waals surface area contributed by atoms with Gasteiger partial charge in [-0.2, -0.15) is 4.98 Å². The molecule has 168 valence electrons. The summed E-state index contributed by atoms with van der Waals surface area (Å²) in [5.74, 6) is 1.59. The Morgan fingerprint density at radius 1 is 1.06 bits per heavy atom. The van der Waals surface area contributed by atoms with E-state index in [9.17, 15) is 0 Å². The first-order valence-electron chi connectivity index (χ1n) is 11.4. The van der Waals surface area contributed by atoms with Gasteiger partial charge in [-0.15, -0.1) is 5.10 Å².